The van der Waals surface area contributed by atoms with Gasteiger partial charge in [0.2, 0.25) is 0 Å². The second-order valence-electron chi connectivity index (χ2n) is 5.27. The number of nitrogen functional groups attached to an aromatic ring is 1. The first-order chi connectivity index (χ1) is 9.63. The fraction of sp³-hybridized carbons (Fsp3) is 0.267. The minimum atomic E-state index is 0.540. The van der Waals surface area contributed by atoms with E-state index in [1.54, 1.807) is 0 Å². The van der Waals surface area contributed by atoms with Gasteiger partial charge in [-0.3, -0.25) is 10.00 Å². The average Bonchev–Trinajstić information content (AvgIpc) is 2.95. The van der Waals surface area contributed by atoms with Crippen LogP contribution in [0.15, 0.2) is 36.5 Å². The Hall–Kier alpha value is -2.27. The summed E-state index contributed by atoms with van der Waals surface area (Å²) in [6, 6.07) is 10.4. The molecule has 3 N–H and O–H groups in total. The number of anilines is 1. The number of aromatic amines is 1. The molecule has 0 saturated heterocycles. The molecular formula is C15H19N5. The minimum Gasteiger partial charge on any atom is -0.382 e. The third kappa shape index (κ3) is 2.40. The molecule has 104 valence electrons. The topological polar surface area (TPSA) is 62.9 Å². The summed E-state index contributed by atoms with van der Waals surface area (Å²) in [5.41, 5.74) is 9.25. The van der Waals surface area contributed by atoms with Crippen LogP contribution in [0.2, 0.25) is 0 Å². The third-order valence-corrected chi connectivity index (χ3v) is 3.51. The van der Waals surface area contributed by atoms with Crippen LogP contribution >= 0.6 is 0 Å². The molecule has 5 nitrogen and oxygen atoms in total. The van der Waals surface area contributed by atoms with Crippen molar-refractivity contribution in [3.8, 4) is 0 Å². The van der Waals surface area contributed by atoms with Crippen LogP contribution < -0.4 is 5.73 Å². The van der Waals surface area contributed by atoms with Crippen molar-refractivity contribution in [2.75, 3.05) is 12.8 Å². The van der Waals surface area contributed by atoms with Gasteiger partial charge in [-0.05, 0) is 18.7 Å². The summed E-state index contributed by atoms with van der Waals surface area (Å²) in [6.07, 6.45) is 2.20. The van der Waals surface area contributed by atoms with Gasteiger partial charge < -0.3 is 10.3 Å². The van der Waals surface area contributed by atoms with E-state index in [0.717, 1.165) is 18.8 Å². The van der Waals surface area contributed by atoms with E-state index in [4.69, 9.17) is 5.73 Å². The molecular weight excluding hydrogens is 250 g/mol. The summed E-state index contributed by atoms with van der Waals surface area (Å²) in [4.78, 5) is 2.24. The fourth-order valence-electron chi connectivity index (χ4n) is 2.65. The number of aromatic nitrogens is 3. The van der Waals surface area contributed by atoms with Gasteiger partial charge in [-0.2, -0.15) is 5.10 Å². The monoisotopic (exact) mass is 269 g/mol. The second kappa shape index (κ2) is 5.02. The van der Waals surface area contributed by atoms with Crippen molar-refractivity contribution < 1.29 is 0 Å². The Kier molecular flexibility index (Phi) is 3.20. The molecule has 0 aliphatic rings. The predicted octanol–water partition coefficient (Wildman–Crippen LogP) is 2.12. The maximum atomic E-state index is 5.62. The molecule has 5 heteroatoms. The molecule has 3 aromatic rings. The zero-order chi connectivity index (χ0) is 14.1. The molecule has 0 unspecified atom stereocenters. The van der Waals surface area contributed by atoms with E-state index in [2.05, 4.69) is 64.2 Å². The SMILES string of the molecule is CN(Cc1cc(N)n[nH]1)Cc1cn(C)c2ccccc12. The first kappa shape index (κ1) is 12.7. The van der Waals surface area contributed by atoms with Crippen molar-refractivity contribution in [2.24, 2.45) is 7.05 Å². The summed E-state index contributed by atoms with van der Waals surface area (Å²) in [5.74, 6) is 0.540. The number of para-hydroxylation sites is 1. The van der Waals surface area contributed by atoms with Crippen molar-refractivity contribution in [3.63, 3.8) is 0 Å². The second-order valence-corrected chi connectivity index (χ2v) is 5.27. The van der Waals surface area contributed by atoms with E-state index >= 15 is 0 Å². The summed E-state index contributed by atoms with van der Waals surface area (Å²) < 4.78 is 2.17. The standard InChI is InChI=1S/C15H19N5/c1-19(10-12-7-15(16)18-17-12)8-11-9-20(2)14-6-4-3-5-13(11)14/h3-7,9H,8,10H2,1-2H3,(H3,16,17,18). The summed E-state index contributed by atoms with van der Waals surface area (Å²) >= 11 is 0. The van der Waals surface area contributed by atoms with Crippen molar-refractivity contribution in [2.45, 2.75) is 13.1 Å². The number of aryl methyl sites for hydroxylation is 1. The lowest BCUT2D eigenvalue weighted by Crippen LogP contribution is -2.17. The molecule has 1 aromatic carbocycles. The maximum absolute atomic E-state index is 5.62. The van der Waals surface area contributed by atoms with Gasteiger partial charge in [0.1, 0.15) is 5.82 Å². The Morgan fingerprint density at radius 1 is 1.30 bits per heavy atom. The van der Waals surface area contributed by atoms with Crippen LogP contribution in [0, 0.1) is 0 Å². The van der Waals surface area contributed by atoms with Gasteiger partial charge >= 0.3 is 0 Å². The van der Waals surface area contributed by atoms with E-state index in [-0.39, 0.29) is 0 Å². The van der Waals surface area contributed by atoms with Crippen molar-refractivity contribution >= 4 is 16.7 Å². The lowest BCUT2D eigenvalue weighted by Gasteiger charge is -2.14. The zero-order valence-electron chi connectivity index (χ0n) is 11.8. The average molecular weight is 269 g/mol. The molecule has 0 spiro atoms. The smallest absolute Gasteiger partial charge is 0.145 e. The third-order valence-electron chi connectivity index (χ3n) is 3.51. The molecule has 0 bridgehead atoms. The van der Waals surface area contributed by atoms with Crippen molar-refractivity contribution in [1.29, 1.82) is 0 Å². The van der Waals surface area contributed by atoms with E-state index in [0.29, 0.717) is 5.82 Å². The Morgan fingerprint density at radius 3 is 2.85 bits per heavy atom. The number of nitrogens with one attached hydrogen (secondary N) is 1. The normalized spacial score (nSPS) is 11.6. The van der Waals surface area contributed by atoms with E-state index in [1.165, 1.54) is 16.5 Å². The molecule has 2 heterocycles. The summed E-state index contributed by atoms with van der Waals surface area (Å²) in [6.45, 7) is 1.69. The number of benzene rings is 1. The Bertz CT molecular complexity index is 725. The predicted molar refractivity (Wildman–Crippen MR) is 81.1 cm³/mol. The van der Waals surface area contributed by atoms with Gasteiger partial charge in [0, 0.05) is 43.3 Å². The quantitative estimate of drug-likeness (QED) is 0.762. The minimum absolute atomic E-state index is 0.540. The van der Waals surface area contributed by atoms with Crippen LogP contribution in [0.5, 0.6) is 0 Å². The number of rotatable bonds is 4. The fourth-order valence-corrected chi connectivity index (χ4v) is 2.65. The van der Waals surface area contributed by atoms with Crippen molar-refractivity contribution in [3.05, 3.63) is 47.8 Å². The number of hydrogen-bond acceptors (Lipinski definition) is 3. The molecule has 0 fully saturated rings. The molecule has 0 amide bonds. The van der Waals surface area contributed by atoms with Gasteiger partial charge in [-0.25, -0.2) is 0 Å². The highest BCUT2D eigenvalue weighted by Crippen LogP contribution is 2.21. The van der Waals surface area contributed by atoms with Gasteiger partial charge in [-0.15, -0.1) is 0 Å². The van der Waals surface area contributed by atoms with Crippen LogP contribution in [-0.4, -0.2) is 26.7 Å². The molecule has 0 saturated carbocycles. The number of nitrogens with zero attached hydrogens (tertiary/aromatic N) is 3. The maximum Gasteiger partial charge on any atom is 0.145 e. The number of fused-ring (bicyclic) bond motifs is 1. The van der Waals surface area contributed by atoms with Crippen LogP contribution in [0.25, 0.3) is 10.9 Å². The lowest BCUT2D eigenvalue weighted by molar-refractivity contribution is 0.316. The van der Waals surface area contributed by atoms with Crippen molar-refractivity contribution in [1.82, 2.24) is 19.7 Å². The van der Waals surface area contributed by atoms with Gasteiger partial charge in [-0.1, -0.05) is 18.2 Å². The Balaban J connectivity index is 1.79. The van der Waals surface area contributed by atoms with Crippen LogP contribution in [0.1, 0.15) is 11.3 Å². The summed E-state index contributed by atoms with van der Waals surface area (Å²) in [7, 11) is 4.18. The molecule has 20 heavy (non-hydrogen) atoms. The molecule has 2 aromatic heterocycles. The number of nitrogens with two attached hydrogens (primary N) is 1. The van der Waals surface area contributed by atoms with Gasteiger partial charge in [0.05, 0.1) is 5.69 Å². The first-order valence-corrected chi connectivity index (χ1v) is 6.65. The highest BCUT2D eigenvalue weighted by molar-refractivity contribution is 5.83. The van der Waals surface area contributed by atoms with Gasteiger partial charge in [0.15, 0.2) is 0 Å². The highest BCUT2D eigenvalue weighted by Gasteiger charge is 2.09. The van der Waals surface area contributed by atoms with Crippen LogP contribution in [0.4, 0.5) is 5.82 Å². The lowest BCUT2D eigenvalue weighted by atomic mass is 10.1. The largest absolute Gasteiger partial charge is 0.382 e. The van der Waals surface area contributed by atoms with E-state index in [9.17, 15) is 0 Å². The summed E-state index contributed by atoms with van der Waals surface area (Å²) in [5, 5.41) is 8.21. The Morgan fingerprint density at radius 2 is 2.10 bits per heavy atom. The van der Waals surface area contributed by atoms with E-state index < -0.39 is 0 Å². The van der Waals surface area contributed by atoms with Gasteiger partial charge in [0.25, 0.3) is 0 Å². The number of H-pyrrole nitrogens is 1. The zero-order valence-corrected chi connectivity index (χ0v) is 11.8. The molecule has 0 aliphatic carbocycles. The van der Waals surface area contributed by atoms with Crippen LogP contribution in [0.3, 0.4) is 0 Å². The molecule has 0 atom stereocenters. The Labute approximate surface area is 118 Å². The molecule has 3 rings (SSSR count). The highest BCUT2D eigenvalue weighted by atomic mass is 15.2. The number of hydrogen-bond donors (Lipinski definition) is 2. The van der Waals surface area contributed by atoms with Crippen LogP contribution in [-0.2, 0) is 20.1 Å². The molecule has 0 radical (unpaired) electrons. The van der Waals surface area contributed by atoms with E-state index in [1.807, 2.05) is 6.07 Å². The molecule has 0 aliphatic heterocycles. The first-order valence-electron chi connectivity index (χ1n) is 6.65.